The van der Waals surface area contributed by atoms with Crippen molar-refractivity contribution in [2.75, 3.05) is 32.9 Å². The van der Waals surface area contributed by atoms with Gasteiger partial charge in [0.1, 0.15) is 10.8 Å². The van der Waals surface area contributed by atoms with Gasteiger partial charge >= 0.3 is 0 Å². The Morgan fingerprint density at radius 3 is 2.53 bits per heavy atom. The Balaban J connectivity index is 0.00000320. The minimum Gasteiger partial charge on any atom is -0.494 e. The fraction of sp³-hybridized carbons (Fsp3) is 0.545. The third-order valence-electron chi connectivity index (χ3n) is 5.21. The summed E-state index contributed by atoms with van der Waals surface area (Å²) in [5.74, 6) is 1.75. The molecule has 1 aromatic carbocycles. The Morgan fingerprint density at radius 1 is 1.20 bits per heavy atom. The molecule has 0 atom stereocenters. The van der Waals surface area contributed by atoms with Crippen LogP contribution < -0.4 is 15.4 Å². The normalized spacial score (nSPS) is 15.9. The number of aryl methyl sites for hydroxylation is 1. The van der Waals surface area contributed by atoms with E-state index in [1.54, 1.807) is 11.3 Å². The maximum Gasteiger partial charge on any atom is 0.191 e. The van der Waals surface area contributed by atoms with Gasteiger partial charge in [0, 0.05) is 42.8 Å². The highest BCUT2D eigenvalue weighted by atomic mass is 127. The van der Waals surface area contributed by atoms with Crippen LogP contribution in [0.5, 0.6) is 5.75 Å². The van der Waals surface area contributed by atoms with Gasteiger partial charge in [-0.25, -0.2) is 9.98 Å². The van der Waals surface area contributed by atoms with Crippen molar-refractivity contribution in [1.29, 1.82) is 0 Å². The second-order valence-corrected chi connectivity index (χ2v) is 8.58. The second-order valence-electron chi connectivity index (χ2n) is 7.26. The summed E-state index contributed by atoms with van der Waals surface area (Å²) >= 11 is 1.69. The number of aromatic nitrogens is 1. The summed E-state index contributed by atoms with van der Waals surface area (Å²) in [6, 6.07) is 8.53. The number of thiazole rings is 1. The molecule has 0 aliphatic carbocycles. The highest BCUT2D eigenvalue weighted by Gasteiger charge is 2.34. The first-order valence-corrected chi connectivity index (χ1v) is 11.2. The maximum absolute atomic E-state index is 5.67. The molecule has 1 aromatic heterocycles. The molecule has 1 fully saturated rings. The molecule has 30 heavy (non-hydrogen) atoms. The molecule has 166 valence electrons. The number of halogens is 1. The van der Waals surface area contributed by atoms with Crippen LogP contribution in [0.2, 0.25) is 0 Å². The molecule has 0 unspecified atom stereocenters. The SMILES string of the molecule is CCNC(=NCc1ncc(C)s1)NCC1(c2ccc(OCC)cc2)CCOCC1.I. The minimum atomic E-state index is 0. The monoisotopic (exact) mass is 544 g/mol. The van der Waals surface area contributed by atoms with E-state index in [4.69, 9.17) is 14.5 Å². The van der Waals surface area contributed by atoms with E-state index in [0.29, 0.717) is 13.2 Å². The fourth-order valence-corrected chi connectivity index (χ4v) is 4.33. The van der Waals surface area contributed by atoms with E-state index >= 15 is 0 Å². The van der Waals surface area contributed by atoms with Crippen molar-refractivity contribution in [3.8, 4) is 5.75 Å². The Hall–Kier alpha value is -1.39. The molecule has 0 saturated carbocycles. The van der Waals surface area contributed by atoms with E-state index in [2.05, 4.69) is 53.7 Å². The van der Waals surface area contributed by atoms with E-state index in [1.807, 2.05) is 13.1 Å². The lowest BCUT2D eigenvalue weighted by Crippen LogP contribution is -2.48. The summed E-state index contributed by atoms with van der Waals surface area (Å²) < 4.78 is 11.3. The van der Waals surface area contributed by atoms with Gasteiger partial charge in [-0.1, -0.05) is 12.1 Å². The highest BCUT2D eigenvalue weighted by molar-refractivity contribution is 14.0. The first-order valence-electron chi connectivity index (χ1n) is 10.4. The third-order valence-corrected chi connectivity index (χ3v) is 6.11. The van der Waals surface area contributed by atoms with E-state index in [9.17, 15) is 0 Å². The molecule has 2 N–H and O–H groups in total. The van der Waals surface area contributed by atoms with Crippen LogP contribution in [0, 0.1) is 6.92 Å². The summed E-state index contributed by atoms with van der Waals surface area (Å²) in [5.41, 5.74) is 1.35. The quantitative estimate of drug-likeness (QED) is 0.295. The number of aliphatic imine (C=N–C) groups is 1. The lowest BCUT2D eigenvalue weighted by molar-refractivity contribution is 0.0513. The number of ether oxygens (including phenoxy) is 2. The zero-order chi connectivity index (χ0) is 20.5. The van der Waals surface area contributed by atoms with Gasteiger partial charge in [-0.05, 0) is 51.3 Å². The molecule has 0 spiro atoms. The number of hydrogen-bond donors (Lipinski definition) is 2. The predicted molar refractivity (Wildman–Crippen MR) is 134 cm³/mol. The Labute approximate surface area is 200 Å². The molecule has 1 aliphatic heterocycles. The number of nitrogens with zero attached hydrogens (tertiary/aromatic N) is 2. The molecule has 6 nitrogen and oxygen atoms in total. The minimum absolute atomic E-state index is 0. The van der Waals surface area contributed by atoms with Gasteiger partial charge in [0.05, 0.1) is 13.2 Å². The molecule has 0 radical (unpaired) electrons. The van der Waals surface area contributed by atoms with Crippen LogP contribution in [0.1, 0.15) is 42.1 Å². The summed E-state index contributed by atoms with van der Waals surface area (Å²) in [4.78, 5) is 10.4. The molecule has 1 aliphatic rings. The molecule has 0 bridgehead atoms. The molecule has 0 amide bonds. The Morgan fingerprint density at radius 2 is 1.93 bits per heavy atom. The predicted octanol–water partition coefficient (Wildman–Crippen LogP) is 4.27. The standard InChI is InChI=1S/C22H32N4O2S.HI/c1-4-23-21(25-15-20-24-14-17(3)29-20)26-16-22(10-12-27-13-11-22)18-6-8-19(9-7-18)28-5-2;/h6-9,14H,4-5,10-13,15-16H2,1-3H3,(H2,23,25,26);1H. The van der Waals surface area contributed by atoms with Gasteiger partial charge < -0.3 is 20.1 Å². The van der Waals surface area contributed by atoms with Crippen LogP contribution in [0.4, 0.5) is 0 Å². The number of guanidine groups is 1. The van der Waals surface area contributed by atoms with Crippen LogP contribution in [-0.4, -0.2) is 43.9 Å². The van der Waals surface area contributed by atoms with Gasteiger partial charge in [-0.15, -0.1) is 35.3 Å². The van der Waals surface area contributed by atoms with Crippen molar-refractivity contribution in [3.63, 3.8) is 0 Å². The van der Waals surface area contributed by atoms with Crippen LogP contribution >= 0.6 is 35.3 Å². The van der Waals surface area contributed by atoms with Gasteiger partial charge in [-0.3, -0.25) is 0 Å². The number of rotatable bonds is 8. The third kappa shape index (κ3) is 6.81. The number of benzene rings is 1. The average molecular weight is 545 g/mol. The largest absolute Gasteiger partial charge is 0.494 e. The molecule has 2 aromatic rings. The summed E-state index contributed by atoms with van der Waals surface area (Å²) in [6.07, 6.45) is 3.87. The van der Waals surface area contributed by atoms with Crippen molar-refractivity contribution in [3.05, 3.63) is 45.9 Å². The van der Waals surface area contributed by atoms with E-state index in [1.165, 1.54) is 10.4 Å². The zero-order valence-corrected chi connectivity index (χ0v) is 21.2. The average Bonchev–Trinajstić information content (AvgIpc) is 3.17. The van der Waals surface area contributed by atoms with Crippen molar-refractivity contribution in [2.45, 2.75) is 45.6 Å². The van der Waals surface area contributed by atoms with Crippen molar-refractivity contribution in [1.82, 2.24) is 15.6 Å². The fourth-order valence-electron chi connectivity index (χ4n) is 3.62. The molecule has 8 heteroatoms. The molecule has 3 rings (SSSR count). The van der Waals surface area contributed by atoms with Crippen molar-refractivity contribution >= 4 is 41.3 Å². The second kappa shape index (κ2) is 12.5. The van der Waals surface area contributed by atoms with Gasteiger partial charge in [0.25, 0.3) is 0 Å². The molecule has 1 saturated heterocycles. The van der Waals surface area contributed by atoms with Crippen molar-refractivity contribution < 1.29 is 9.47 Å². The van der Waals surface area contributed by atoms with E-state index < -0.39 is 0 Å². The highest BCUT2D eigenvalue weighted by Crippen LogP contribution is 2.35. The topological polar surface area (TPSA) is 67.8 Å². The summed E-state index contributed by atoms with van der Waals surface area (Å²) in [5, 5.41) is 7.97. The van der Waals surface area contributed by atoms with E-state index in [-0.39, 0.29) is 29.4 Å². The zero-order valence-electron chi connectivity index (χ0n) is 18.1. The van der Waals surface area contributed by atoms with Crippen molar-refractivity contribution in [2.24, 2.45) is 4.99 Å². The number of nitrogens with one attached hydrogen (secondary N) is 2. The molecular formula is C22H33IN4O2S. The number of hydrogen-bond acceptors (Lipinski definition) is 5. The lowest BCUT2D eigenvalue weighted by Gasteiger charge is -2.38. The van der Waals surface area contributed by atoms with Gasteiger partial charge in [0.2, 0.25) is 0 Å². The maximum atomic E-state index is 5.67. The van der Waals surface area contributed by atoms with Crippen LogP contribution in [0.15, 0.2) is 35.5 Å². The first-order chi connectivity index (χ1) is 14.1. The van der Waals surface area contributed by atoms with Crippen LogP contribution in [0.25, 0.3) is 0 Å². The summed E-state index contributed by atoms with van der Waals surface area (Å²) in [7, 11) is 0. The first kappa shape index (κ1) is 24.9. The van der Waals surface area contributed by atoms with Gasteiger partial charge in [0.15, 0.2) is 5.96 Å². The molecular weight excluding hydrogens is 511 g/mol. The summed E-state index contributed by atoms with van der Waals surface area (Å²) in [6.45, 7) is 10.6. The Kier molecular flexibility index (Phi) is 10.3. The lowest BCUT2D eigenvalue weighted by atomic mass is 9.74. The molecule has 2 heterocycles. The Bertz CT molecular complexity index is 789. The van der Waals surface area contributed by atoms with Crippen LogP contribution in [-0.2, 0) is 16.7 Å². The van der Waals surface area contributed by atoms with E-state index in [0.717, 1.165) is 55.9 Å². The van der Waals surface area contributed by atoms with Crippen LogP contribution in [0.3, 0.4) is 0 Å². The van der Waals surface area contributed by atoms with Gasteiger partial charge in [-0.2, -0.15) is 0 Å². The smallest absolute Gasteiger partial charge is 0.191 e.